The van der Waals surface area contributed by atoms with Crippen molar-refractivity contribution >= 4 is 27.5 Å². The maximum Gasteiger partial charge on any atom is 0.338 e. The van der Waals surface area contributed by atoms with Crippen molar-refractivity contribution in [3.8, 4) is 11.1 Å². The molecule has 4 rings (SSSR count). The van der Waals surface area contributed by atoms with Gasteiger partial charge in [-0.3, -0.25) is 0 Å². The smallest absolute Gasteiger partial charge is 0.338 e. The fraction of sp³-hybridized carbons (Fsp3) is 0.192. The SMILES string of the molecule is COOCc1cc2ccccc2c(-c2c(C)c(C(=O)OC)cc3ccccc23)c1C. The minimum atomic E-state index is -0.333. The molecule has 0 saturated carbocycles. The van der Waals surface area contributed by atoms with Gasteiger partial charge in [-0.15, -0.1) is 0 Å². The molecule has 0 radical (unpaired) electrons. The van der Waals surface area contributed by atoms with Gasteiger partial charge in [0.15, 0.2) is 0 Å². The Hall–Kier alpha value is -3.21. The molecule has 152 valence electrons. The van der Waals surface area contributed by atoms with E-state index in [1.54, 1.807) is 0 Å². The zero-order valence-corrected chi connectivity index (χ0v) is 17.6. The van der Waals surface area contributed by atoms with Gasteiger partial charge in [0.1, 0.15) is 6.61 Å². The maximum atomic E-state index is 12.6. The predicted molar refractivity (Wildman–Crippen MR) is 120 cm³/mol. The van der Waals surface area contributed by atoms with Crippen molar-refractivity contribution in [3.05, 3.63) is 82.9 Å². The van der Waals surface area contributed by atoms with E-state index in [1.165, 1.54) is 14.2 Å². The van der Waals surface area contributed by atoms with Crippen molar-refractivity contribution in [1.29, 1.82) is 0 Å². The van der Waals surface area contributed by atoms with E-state index in [2.05, 4.69) is 31.2 Å². The second kappa shape index (κ2) is 8.27. The number of esters is 1. The van der Waals surface area contributed by atoms with Gasteiger partial charge < -0.3 is 4.74 Å². The molecule has 4 aromatic carbocycles. The highest BCUT2D eigenvalue weighted by Crippen LogP contribution is 2.41. The monoisotopic (exact) mass is 400 g/mol. The first-order valence-corrected chi connectivity index (χ1v) is 9.84. The first-order valence-electron chi connectivity index (χ1n) is 9.84. The topological polar surface area (TPSA) is 44.8 Å². The first-order chi connectivity index (χ1) is 14.6. The van der Waals surface area contributed by atoms with Crippen LogP contribution in [-0.4, -0.2) is 20.2 Å². The molecule has 0 fully saturated rings. The number of methoxy groups -OCH3 is 1. The lowest BCUT2D eigenvalue weighted by Gasteiger charge is -2.20. The molecule has 0 amide bonds. The molecule has 0 atom stereocenters. The van der Waals surface area contributed by atoms with Crippen molar-refractivity contribution < 1.29 is 19.3 Å². The summed E-state index contributed by atoms with van der Waals surface area (Å²) in [5.41, 5.74) is 5.76. The quantitative estimate of drug-likeness (QED) is 0.229. The minimum Gasteiger partial charge on any atom is -0.465 e. The van der Waals surface area contributed by atoms with Gasteiger partial charge in [0.2, 0.25) is 0 Å². The molecule has 0 aliphatic carbocycles. The highest BCUT2D eigenvalue weighted by molar-refractivity contribution is 6.11. The van der Waals surface area contributed by atoms with Gasteiger partial charge in [0.05, 0.1) is 19.8 Å². The Bertz CT molecular complexity index is 1260. The number of carbonyl (C=O) groups excluding carboxylic acids is 1. The summed E-state index contributed by atoms with van der Waals surface area (Å²) >= 11 is 0. The van der Waals surface area contributed by atoms with Crippen LogP contribution in [0.2, 0.25) is 0 Å². The summed E-state index contributed by atoms with van der Waals surface area (Å²) in [5.74, 6) is -0.333. The van der Waals surface area contributed by atoms with E-state index >= 15 is 0 Å². The second-order valence-electron chi connectivity index (χ2n) is 7.32. The fourth-order valence-electron chi connectivity index (χ4n) is 4.20. The highest BCUT2D eigenvalue weighted by atomic mass is 17.2. The summed E-state index contributed by atoms with van der Waals surface area (Å²) in [6.45, 7) is 4.42. The van der Waals surface area contributed by atoms with Crippen LogP contribution in [0.25, 0.3) is 32.7 Å². The molecular weight excluding hydrogens is 376 g/mol. The largest absolute Gasteiger partial charge is 0.465 e. The van der Waals surface area contributed by atoms with E-state index in [-0.39, 0.29) is 5.97 Å². The molecule has 30 heavy (non-hydrogen) atoms. The number of fused-ring (bicyclic) bond motifs is 2. The Morgan fingerprint density at radius 1 is 0.800 bits per heavy atom. The molecule has 0 spiro atoms. The van der Waals surface area contributed by atoms with Crippen LogP contribution in [0.5, 0.6) is 0 Å². The average molecular weight is 400 g/mol. The van der Waals surface area contributed by atoms with E-state index in [0.29, 0.717) is 12.2 Å². The molecule has 4 heteroatoms. The molecule has 0 heterocycles. The second-order valence-corrected chi connectivity index (χ2v) is 7.32. The normalized spacial score (nSPS) is 11.2. The molecule has 0 bridgehead atoms. The van der Waals surface area contributed by atoms with Crippen LogP contribution in [0, 0.1) is 13.8 Å². The van der Waals surface area contributed by atoms with E-state index in [9.17, 15) is 4.79 Å². The predicted octanol–water partition coefficient (Wildman–Crippen LogP) is 6.14. The molecule has 0 aromatic heterocycles. The number of benzene rings is 4. The van der Waals surface area contributed by atoms with Crippen molar-refractivity contribution in [2.24, 2.45) is 0 Å². The molecule has 0 aliphatic rings. The summed E-state index contributed by atoms with van der Waals surface area (Å²) < 4.78 is 5.08. The number of hydrogen-bond donors (Lipinski definition) is 0. The van der Waals surface area contributed by atoms with E-state index in [4.69, 9.17) is 14.5 Å². The molecule has 0 aliphatic heterocycles. The summed E-state index contributed by atoms with van der Waals surface area (Å²) in [6, 6.07) is 20.5. The van der Waals surface area contributed by atoms with Gasteiger partial charge in [-0.1, -0.05) is 48.5 Å². The Kier molecular flexibility index (Phi) is 5.53. The number of ether oxygens (including phenoxy) is 1. The fourth-order valence-corrected chi connectivity index (χ4v) is 4.20. The Balaban J connectivity index is 2.16. The van der Waals surface area contributed by atoms with Gasteiger partial charge >= 0.3 is 5.97 Å². The number of hydrogen-bond acceptors (Lipinski definition) is 4. The first kappa shape index (κ1) is 20.1. The summed E-state index contributed by atoms with van der Waals surface area (Å²) in [4.78, 5) is 22.7. The lowest BCUT2D eigenvalue weighted by Crippen LogP contribution is -2.06. The Morgan fingerprint density at radius 3 is 1.97 bits per heavy atom. The lowest BCUT2D eigenvalue weighted by molar-refractivity contribution is -0.282. The average Bonchev–Trinajstić information content (AvgIpc) is 2.77. The van der Waals surface area contributed by atoms with Crippen molar-refractivity contribution in [1.82, 2.24) is 0 Å². The Morgan fingerprint density at radius 2 is 1.37 bits per heavy atom. The third kappa shape index (κ3) is 3.34. The van der Waals surface area contributed by atoms with Crippen LogP contribution in [-0.2, 0) is 21.1 Å². The van der Waals surface area contributed by atoms with Crippen LogP contribution >= 0.6 is 0 Å². The van der Waals surface area contributed by atoms with E-state index in [1.807, 2.05) is 43.3 Å². The molecule has 4 nitrogen and oxygen atoms in total. The van der Waals surface area contributed by atoms with Crippen molar-refractivity contribution in [2.75, 3.05) is 14.2 Å². The molecule has 0 N–H and O–H groups in total. The highest BCUT2D eigenvalue weighted by Gasteiger charge is 2.21. The minimum absolute atomic E-state index is 0.333. The summed E-state index contributed by atoms with van der Waals surface area (Å²) in [6.07, 6.45) is 0. The zero-order valence-electron chi connectivity index (χ0n) is 17.6. The lowest BCUT2D eigenvalue weighted by atomic mass is 9.84. The molecular formula is C26H24O4. The van der Waals surface area contributed by atoms with Gasteiger partial charge in [-0.05, 0) is 75.3 Å². The molecule has 4 aromatic rings. The van der Waals surface area contributed by atoms with Crippen molar-refractivity contribution in [2.45, 2.75) is 20.5 Å². The molecule has 0 unspecified atom stereocenters. The maximum absolute atomic E-state index is 12.6. The van der Waals surface area contributed by atoms with Gasteiger partial charge in [0, 0.05) is 0 Å². The molecule has 0 saturated heterocycles. The zero-order chi connectivity index (χ0) is 21.3. The number of rotatable bonds is 5. The van der Waals surface area contributed by atoms with Crippen LogP contribution < -0.4 is 0 Å². The summed E-state index contributed by atoms with van der Waals surface area (Å²) in [5, 5.41) is 4.34. The van der Waals surface area contributed by atoms with Crippen LogP contribution in [0.15, 0.2) is 60.7 Å². The van der Waals surface area contributed by atoms with Gasteiger partial charge in [-0.2, -0.15) is 0 Å². The van der Waals surface area contributed by atoms with Crippen molar-refractivity contribution in [3.63, 3.8) is 0 Å². The van der Waals surface area contributed by atoms with E-state index in [0.717, 1.165) is 49.4 Å². The Labute approximate surface area is 175 Å². The standard InChI is InChI=1S/C26H24O4/c1-16-20(15-30-29-4)13-18-9-5-7-11-21(18)24(16)25-17(2)23(26(27)28-3)14-19-10-6-8-12-22(19)25/h5-14H,15H2,1-4H3. The van der Waals surface area contributed by atoms with Gasteiger partial charge in [-0.25, -0.2) is 14.6 Å². The van der Waals surface area contributed by atoms with Crippen LogP contribution in [0.1, 0.15) is 27.0 Å². The number of carbonyl (C=O) groups is 1. The van der Waals surface area contributed by atoms with Crippen LogP contribution in [0.4, 0.5) is 0 Å². The third-order valence-electron chi connectivity index (χ3n) is 5.71. The summed E-state index contributed by atoms with van der Waals surface area (Å²) in [7, 11) is 2.93. The van der Waals surface area contributed by atoms with Gasteiger partial charge in [0.25, 0.3) is 0 Å². The third-order valence-corrected chi connectivity index (χ3v) is 5.71. The van der Waals surface area contributed by atoms with Crippen LogP contribution in [0.3, 0.4) is 0 Å². The van der Waals surface area contributed by atoms with E-state index < -0.39 is 0 Å².